The average Bonchev–Trinajstić information content (AvgIpc) is 1.95. The van der Waals surface area contributed by atoms with E-state index < -0.39 is 18.3 Å². The molecule has 1 heterocycles. The fraction of sp³-hybridized carbons (Fsp3) is 0.833. The van der Waals surface area contributed by atoms with E-state index in [0.29, 0.717) is 6.42 Å². The van der Waals surface area contributed by atoms with Gasteiger partial charge >= 0.3 is 0 Å². The van der Waals surface area contributed by atoms with Gasteiger partial charge in [0.25, 0.3) is 0 Å². The van der Waals surface area contributed by atoms with Crippen molar-refractivity contribution in [2.45, 2.75) is 24.7 Å². The zero-order valence-electron chi connectivity index (χ0n) is 5.47. The highest BCUT2D eigenvalue weighted by molar-refractivity contribution is 4.84. The summed E-state index contributed by atoms with van der Waals surface area (Å²) in [5.41, 5.74) is 0. The molecule has 3 N–H and O–H groups in total. The number of aliphatic hydroxyl groups is 3. The third-order valence-electron chi connectivity index (χ3n) is 1.56. The molecule has 1 aliphatic rings. The van der Waals surface area contributed by atoms with Crippen LogP contribution in [-0.2, 0) is 4.74 Å². The van der Waals surface area contributed by atoms with E-state index in [4.69, 9.17) is 20.1 Å². The molecular formula is C6H11O4. The maximum absolute atomic E-state index is 9.08. The molecule has 1 radical (unpaired) electrons. The summed E-state index contributed by atoms with van der Waals surface area (Å²) in [5, 5.41) is 26.7. The van der Waals surface area contributed by atoms with Crippen LogP contribution < -0.4 is 0 Å². The molecule has 1 fully saturated rings. The largest absolute Gasteiger partial charge is 0.394 e. The Bertz CT molecular complexity index is 106. The van der Waals surface area contributed by atoms with E-state index in [2.05, 4.69) is 0 Å². The molecule has 59 valence electrons. The van der Waals surface area contributed by atoms with Gasteiger partial charge < -0.3 is 20.1 Å². The van der Waals surface area contributed by atoms with Crippen molar-refractivity contribution in [2.75, 3.05) is 6.61 Å². The first-order chi connectivity index (χ1) is 4.75. The quantitative estimate of drug-likeness (QED) is 0.429. The summed E-state index contributed by atoms with van der Waals surface area (Å²) < 4.78 is 4.82. The zero-order valence-corrected chi connectivity index (χ0v) is 5.47. The van der Waals surface area contributed by atoms with Gasteiger partial charge in [-0.1, -0.05) is 0 Å². The Kier molecular flexibility index (Phi) is 2.62. The molecule has 0 aromatic carbocycles. The van der Waals surface area contributed by atoms with E-state index in [1.807, 2.05) is 0 Å². The van der Waals surface area contributed by atoms with Crippen LogP contribution in [0.15, 0.2) is 0 Å². The number of ether oxygens (including phenoxy) is 1. The highest BCUT2D eigenvalue weighted by Gasteiger charge is 2.30. The van der Waals surface area contributed by atoms with Crippen LogP contribution in [0.4, 0.5) is 0 Å². The number of hydrogen-bond donors (Lipinski definition) is 3. The molecule has 10 heavy (non-hydrogen) atoms. The van der Waals surface area contributed by atoms with Gasteiger partial charge in [-0.25, -0.2) is 0 Å². The summed E-state index contributed by atoms with van der Waals surface area (Å²) in [6.07, 6.45) is -2.11. The lowest BCUT2D eigenvalue weighted by molar-refractivity contribution is -0.124. The summed E-state index contributed by atoms with van der Waals surface area (Å²) in [6.45, 7) is 1.13. The molecule has 0 aromatic rings. The SMILES string of the molecule is OCC1O[CH]CC(O)[C@H]1O. The highest BCUT2D eigenvalue weighted by Crippen LogP contribution is 2.16. The summed E-state index contributed by atoms with van der Waals surface area (Å²) in [6, 6.07) is 0. The number of rotatable bonds is 1. The molecule has 0 spiro atoms. The lowest BCUT2D eigenvalue weighted by Gasteiger charge is -2.30. The lowest BCUT2D eigenvalue weighted by atomic mass is 10.0. The van der Waals surface area contributed by atoms with E-state index in [0.717, 1.165) is 0 Å². The van der Waals surface area contributed by atoms with Gasteiger partial charge in [0.15, 0.2) is 0 Å². The van der Waals surface area contributed by atoms with Gasteiger partial charge in [0.05, 0.1) is 19.3 Å². The molecule has 1 aliphatic heterocycles. The molecule has 0 bridgehead atoms. The second-order valence-corrected chi connectivity index (χ2v) is 2.32. The molecule has 0 aromatic heterocycles. The van der Waals surface area contributed by atoms with Crippen molar-refractivity contribution in [3.63, 3.8) is 0 Å². The Morgan fingerprint density at radius 3 is 2.70 bits per heavy atom. The van der Waals surface area contributed by atoms with Crippen LogP contribution in [-0.4, -0.2) is 40.2 Å². The normalized spacial score (nSPS) is 41.7. The first-order valence-corrected chi connectivity index (χ1v) is 3.20. The van der Waals surface area contributed by atoms with E-state index in [9.17, 15) is 0 Å². The molecule has 4 heteroatoms. The first kappa shape index (κ1) is 7.94. The second-order valence-electron chi connectivity index (χ2n) is 2.32. The number of aliphatic hydroxyl groups excluding tert-OH is 3. The Labute approximate surface area is 59.1 Å². The van der Waals surface area contributed by atoms with Crippen molar-refractivity contribution in [1.82, 2.24) is 0 Å². The molecule has 4 nitrogen and oxygen atoms in total. The molecule has 1 rings (SSSR count). The third kappa shape index (κ3) is 1.46. The first-order valence-electron chi connectivity index (χ1n) is 3.20. The monoisotopic (exact) mass is 147 g/mol. The zero-order chi connectivity index (χ0) is 7.56. The van der Waals surface area contributed by atoms with Gasteiger partial charge in [0.2, 0.25) is 0 Å². The summed E-state index contributed by atoms with van der Waals surface area (Å²) in [7, 11) is 0. The second kappa shape index (κ2) is 3.30. The molecule has 2 unspecified atom stereocenters. The van der Waals surface area contributed by atoms with Gasteiger partial charge in [0, 0.05) is 6.42 Å². The topological polar surface area (TPSA) is 69.9 Å². The van der Waals surface area contributed by atoms with Crippen molar-refractivity contribution in [2.24, 2.45) is 0 Å². The predicted octanol–water partition coefficient (Wildman–Crippen LogP) is -1.35. The fourth-order valence-electron chi connectivity index (χ4n) is 0.896. The Morgan fingerprint density at radius 1 is 1.50 bits per heavy atom. The molecular weight excluding hydrogens is 136 g/mol. The Morgan fingerprint density at radius 2 is 2.20 bits per heavy atom. The summed E-state index contributed by atoms with van der Waals surface area (Å²) in [5.74, 6) is 0. The van der Waals surface area contributed by atoms with Gasteiger partial charge in [-0.15, -0.1) is 0 Å². The van der Waals surface area contributed by atoms with Gasteiger partial charge in [-0.2, -0.15) is 0 Å². The fourth-order valence-corrected chi connectivity index (χ4v) is 0.896. The Balaban J connectivity index is 2.42. The van der Waals surface area contributed by atoms with Crippen LogP contribution in [0.2, 0.25) is 0 Å². The highest BCUT2D eigenvalue weighted by atomic mass is 16.5. The molecule has 0 amide bonds. The minimum Gasteiger partial charge on any atom is -0.394 e. The van der Waals surface area contributed by atoms with Crippen LogP contribution in [0.25, 0.3) is 0 Å². The van der Waals surface area contributed by atoms with Crippen molar-refractivity contribution in [3.8, 4) is 0 Å². The van der Waals surface area contributed by atoms with Crippen molar-refractivity contribution >= 4 is 0 Å². The van der Waals surface area contributed by atoms with Gasteiger partial charge in [-0.05, 0) is 0 Å². The number of hydrogen-bond acceptors (Lipinski definition) is 4. The lowest BCUT2D eigenvalue weighted by Crippen LogP contribution is -2.44. The van der Waals surface area contributed by atoms with Gasteiger partial charge in [0.1, 0.15) is 12.2 Å². The smallest absolute Gasteiger partial charge is 0.109 e. The summed E-state index contributed by atoms with van der Waals surface area (Å²) >= 11 is 0. The van der Waals surface area contributed by atoms with Gasteiger partial charge in [-0.3, -0.25) is 0 Å². The van der Waals surface area contributed by atoms with E-state index in [-0.39, 0.29) is 6.61 Å². The maximum atomic E-state index is 9.08. The maximum Gasteiger partial charge on any atom is 0.109 e. The molecule has 3 atom stereocenters. The predicted molar refractivity (Wildman–Crippen MR) is 32.9 cm³/mol. The van der Waals surface area contributed by atoms with E-state index in [1.54, 1.807) is 0 Å². The van der Waals surface area contributed by atoms with Crippen molar-refractivity contribution < 1.29 is 20.1 Å². The Hall–Kier alpha value is -0.160. The van der Waals surface area contributed by atoms with Crippen LogP contribution in [0, 0.1) is 6.61 Å². The van der Waals surface area contributed by atoms with Crippen LogP contribution in [0.3, 0.4) is 0 Å². The van der Waals surface area contributed by atoms with Crippen LogP contribution in [0.5, 0.6) is 0 Å². The van der Waals surface area contributed by atoms with Crippen LogP contribution in [0.1, 0.15) is 6.42 Å². The molecule has 0 aliphatic carbocycles. The van der Waals surface area contributed by atoms with Crippen molar-refractivity contribution in [3.05, 3.63) is 6.61 Å². The average molecular weight is 147 g/mol. The molecule has 1 saturated heterocycles. The standard InChI is InChI=1S/C6H11O4/c7-3-5-6(9)4(8)1-2-10-5/h2,4-9H,1,3H2/t4?,5?,6-/m1/s1. The van der Waals surface area contributed by atoms with Crippen molar-refractivity contribution in [1.29, 1.82) is 0 Å². The van der Waals surface area contributed by atoms with E-state index in [1.165, 1.54) is 6.61 Å². The van der Waals surface area contributed by atoms with E-state index >= 15 is 0 Å². The summed E-state index contributed by atoms with van der Waals surface area (Å²) in [4.78, 5) is 0. The minimum absolute atomic E-state index is 0.269. The minimum atomic E-state index is -0.963. The third-order valence-corrected chi connectivity index (χ3v) is 1.56. The van der Waals surface area contributed by atoms with Crippen LogP contribution >= 0.6 is 0 Å². The molecule has 0 saturated carbocycles.